The molecule has 0 aliphatic heterocycles. The summed E-state index contributed by atoms with van der Waals surface area (Å²) in [5, 5.41) is 12.9. The molecular formula is C18H22N2O. The van der Waals surface area contributed by atoms with Gasteiger partial charge in [-0.1, -0.05) is 36.4 Å². The monoisotopic (exact) mass is 282 g/mol. The molecule has 1 fully saturated rings. The van der Waals surface area contributed by atoms with E-state index in [0.717, 1.165) is 18.7 Å². The highest BCUT2D eigenvalue weighted by atomic mass is 16.3. The van der Waals surface area contributed by atoms with Gasteiger partial charge in [-0.25, -0.2) is 0 Å². The van der Waals surface area contributed by atoms with Crippen LogP contribution in [0.5, 0.6) is 0 Å². The molecule has 1 atom stereocenters. The average molecular weight is 282 g/mol. The summed E-state index contributed by atoms with van der Waals surface area (Å²) in [6.07, 6.45) is 5.16. The summed E-state index contributed by atoms with van der Waals surface area (Å²) in [5.41, 5.74) is 2.58. The highest BCUT2D eigenvalue weighted by molar-refractivity contribution is 5.27. The number of nitrogens with zero attached hydrogens (tertiary/aromatic N) is 1. The van der Waals surface area contributed by atoms with E-state index in [0.29, 0.717) is 5.41 Å². The van der Waals surface area contributed by atoms with E-state index < -0.39 is 0 Å². The van der Waals surface area contributed by atoms with Crippen LogP contribution in [0.4, 0.5) is 0 Å². The predicted octanol–water partition coefficient (Wildman–Crippen LogP) is 2.92. The summed E-state index contributed by atoms with van der Waals surface area (Å²) >= 11 is 0. The number of hydrogen-bond donors (Lipinski definition) is 2. The first-order valence-corrected chi connectivity index (χ1v) is 7.63. The lowest BCUT2D eigenvalue weighted by atomic mass is 9.99. The highest BCUT2D eigenvalue weighted by Gasteiger charge is 2.41. The van der Waals surface area contributed by atoms with Crippen molar-refractivity contribution in [1.29, 1.82) is 0 Å². The van der Waals surface area contributed by atoms with Gasteiger partial charge in [-0.15, -0.1) is 0 Å². The van der Waals surface area contributed by atoms with E-state index >= 15 is 0 Å². The Morgan fingerprint density at radius 3 is 2.48 bits per heavy atom. The van der Waals surface area contributed by atoms with E-state index in [9.17, 15) is 5.11 Å². The molecule has 0 bridgehead atoms. The van der Waals surface area contributed by atoms with Crippen molar-refractivity contribution in [3.8, 4) is 0 Å². The van der Waals surface area contributed by atoms with Crippen LogP contribution in [0.2, 0.25) is 0 Å². The van der Waals surface area contributed by atoms with Gasteiger partial charge in [-0.05, 0) is 42.4 Å². The van der Waals surface area contributed by atoms with E-state index in [2.05, 4.69) is 40.6 Å². The Morgan fingerprint density at radius 2 is 1.86 bits per heavy atom. The fourth-order valence-corrected chi connectivity index (χ4v) is 2.83. The van der Waals surface area contributed by atoms with Crippen LogP contribution < -0.4 is 5.32 Å². The lowest BCUT2D eigenvalue weighted by Gasteiger charge is -2.22. The minimum absolute atomic E-state index is 0.114. The molecule has 1 unspecified atom stereocenters. The number of benzene rings is 1. The van der Waals surface area contributed by atoms with E-state index in [4.69, 9.17) is 0 Å². The van der Waals surface area contributed by atoms with E-state index in [1.807, 2.05) is 24.4 Å². The number of pyridine rings is 1. The van der Waals surface area contributed by atoms with Gasteiger partial charge in [-0.3, -0.25) is 4.98 Å². The summed E-state index contributed by atoms with van der Waals surface area (Å²) in [7, 11) is 0. The van der Waals surface area contributed by atoms with Crippen molar-refractivity contribution in [2.75, 3.05) is 13.2 Å². The maximum atomic E-state index is 9.20. The van der Waals surface area contributed by atoms with Gasteiger partial charge in [0.25, 0.3) is 0 Å². The van der Waals surface area contributed by atoms with Crippen molar-refractivity contribution in [3.05, 3.63) is 66.0 Å². The van der Waals surface area contributed by atoms with Crippen molar-refractivity contribution >= 4 is 0 Å². The van der Waals surface area contributed by atoms with E-state index in [-0.39, 0.29) is 12.6 Å². The molecule has 2 aromatic rings. The summed E-state index contributed by atoms with van der Waals surface area (Å²) in [4.78, 5) is 4.51. The molecule has 1 aromatic carbocycles. The fourth-order valence-electron chi connectivity index (χ4n) is 2.83. The van der Waals surface area contributed by atoms with Gasteiger partial charge in [0.05, 0.1) is 11.7 Å². The number of nitrogens with one attached hydrogen (secondary N) is 1. The summed E-state index contributed by atoms with van der Waals surface area (Å²) in [5.74, 6) is 0. The van der Waals surface area contributed by atoms with Gasteiger partial charge in [-0.2, -0.15) is 0 Å². The maximum Gasteiger partial charge on any atom is 0.0751 e. The third kappa shape index (κ3) is 3.49. The third-order valence-corrected chi connectivity index (χ3v) is 4.40. The molecule has 1 heterocycles. The van der Waals surface area contributed by atoms with Crippen LogP contribution in [0, 0.1) is 5.41 Å². The molecule has 3 heteroatoms. The van der Waals surface area contributed by atoms with Crippen LogP contribution in [0.3, 0.4) is 0 Å². The number of hydrogen-bond acceptors (Lipinski definition) is 3. The standard InChI is InChI=1S/C18H22N2O/c21-13-11-18(9-10-18)14-20-17(15-6-2-1-3-7-15)16-8-4-5-12-19-16/h1-8,12,17,20-21H,9-11,13-14H2. The zero-order chi connectivity index (χ0) is 14.5. The van der Waals surface area contributed by atoms with Gasteiger partial charge in [0.2, 0.25) is 0 Å². The Balaban J connectivity index is 1.77. The van der Waals surface area contributed by atoms with Crippen molar-refractivity contribution in [3.63, 3.8) is 0 Å². The van der Waals surface area contributed by atoms with Crippen LogP contribution in [0.25, 0.3) is 0 Å². The Bertz CT molecular complexity index is 512. The Morgan fingerprint density at radius 1 is 1.10 bits per heavy atom. The predicted molar refractivity (Wildman–Crippen MR) is 83.9 cm³/mol. The average Bonchev–Trinajstić information content (AvgIpc) is 3.30. The van der Waals surface area contributed by atoms with Gasteiger partial charge < -0.3 is 10.4 Å². The molecular weight excluding hydrogens is 260 g/mol. The first-order valence-electron chi connectivity index (χ1n) is 7.63. The first kappa shape index (κ1) is 14.2. The molecule has 2 N–H and O–H groups in total. The SMILES string of the molecule is OCCC1(CNC(c2ccccc2)c2ccccn2)CC1. The second kappa shape index (κ2) is 6.37. The molecule has 1 aliphatic carbocycles. The second-order valence-corrected chi connectivity index (χ2v) is 5.95. The van der Waals surface area contributed by atoms with Crippen LogP contribution in [0.1, 0.15) is 36.6 Å². The molecule has 0 amide bonds. The van der Waals surface area contributed by atoms with Gasteiger partial charge >= 0.3 is 0 Å². The summed E-state index contributed by atoms with van der Waals surface area (Å²) < 4.78 is 0. The largest absolute Gasteiger partial charge is 0.396 e. The van der Waals surface area contributed by atoms with Gasteiger partial charge in [0, 0.05) is 19.3 Å². The zero-order valence-corrected chi connectivity index (χ0v) is 12.2. The first-order chi connectivity index (χ1) is 10.3. The molecule has 1 aliphatic rings. The Labute approximate surface area is 126 Å². The number of rotatable bonds is 7. The molecule has 0 saturated heterocycles. The normalized spacial score (nSPS) is 17.4. The van der Waals surface area contributed by atoms with Crippen LogP contribution >= 0.6 is 0 Å². The third-order valence-electron chi connectivity index (χ3n) is 4.40. The molecule has 3 nitrogen and oxygen atoms in total. The molecule has 110 valence electrons. The molecule has 0 spiro atoms. The van der Waals surface area contributed by atoms with Crippen molar-refractivity contribution in [2.45, 2.75) is 25.3 Å². The summed E-state index contributed by atoms with van der Waals surface area (Å²) in [6.45, 7) is 1.21. The smallest absolute Gasteiger partial charge is 0.0751 e. The number of aromatic nitrogens is 1. The minimum Gasteiger partial charge on any atom is -0.396 e. The molecule has 1 aromatic heterocycles. The van der Waals surface area contributed by atoms with Crippen LogP contribution in [-0.2, 0) is 0 Å². The van der Waals surface area contributed by atoms with Gasteiger partial charge in [0.15, 0.2) is 0 Å². The lowest BCUT2D eigenvalue weighted by Crippen LogP contribution is -2.30. The lowest BCUT2D eigenvalue weighted by molar-refractivity contribution is 0.243. The van der Waals surface area contributed by atoms with Gasteiger partial charge in [0.1, 0.15) is 0 Å². The quantitative estimate of drug-likeness (QED) is 0.820. The van der Waals surface area contributed by atoms with E-state index in [1.165, 1.54) is 18.4 Å². The van der Waals surface area contributed by atoms with Crippen LogP contribution in [-0.4, -0.2) is 23.2 Å². The maximum absolute atomic E-state index is 9.20. The number of aliphatic hydroxyl groups excluding tert-OH is 1. The van der Waals surface area contributed by atoms with Crippen molar-refractivity contribution in [1.82, 2.24) is 10.3 Å². The zero-order valence-electron chi connectivity index (χ0n) is 12.2. The van der Waals surface area contributed by atoms with Crippen molar-refractivity contribution < 1.29 is 5.11 Å². The fraction of sp³-hybridized carbons (Fsp3) is 0.389. The minimum atomic E-state index is 0.114. The van der Waals surface area contributed by atoms with Crippen LogP contribution in [0.15, 0.2) is 54.7 Å². The Kier molecular flexibility index (Phi) is 4.32. The highest BCUT2D eigenvalue weighted by Crippen LogP contribution is 2.48. The Hall–Kier alpha value is -1.71. The molecule has 0 radical (unpaired) electrons. The summed E-state index contributed by atoms with van der Waals surface area (Å²) in [6, 6.07) is 16.6. The van der Waals surface area contributed by atoms with E-state index in [1.54, 1.807) is 0 Å². The van der Waals surface area contributed by atoms with Crippen molar-refractivity contribution in [2.24, 2.45) is 5.41 Å². The molecule has 21 heavy (non-hydrogen) atoms. The molecule has 3 rings (SSSR count). The second-order valence-electron chi connectivity index (χ2n) is 5.95. The number of aliphatic hydroxyl groups is 1. The molecule has 1 saturated carbocycles. The topological polar surface area (TPSA) is 45.1 Å².